The molecule has 0 aliphatic heterocycles. The second-order valence-corrected chi connectivity index (χ2v) is 10.1. The molecule has 0 unspecified atom stereocenters. The number of non-ortho nitro benzene ring substituents is 1. The molecule has 14 heteroatoms. The van der Waals surface area contributed by atoms with Gasteiger partial charge in [-0.1, -0.05) is 18.3 Å². The first-order valence-corrected chi connectivity index (χ1v) is 12.9. The van der Waals surface area contributed by atoms with Crippen molar-refractivity contribution in [1.29, 1.82) is 0 Å². The lowest BCUT2D eigenvalue weighted by Gasteiger charge is -2.30. The average Bonchev–Trinajstić information content (AvgIpc) is 3.29. The number of nitrogens with zero attached hydrogens (tertiary/aromatic N) is 4. The van der Waals surface area contributed by atoms with Crippen molar-refractivity contribution in [3.05, 3.63) is 52.6 Å². The maximum atomic E-state index is 13.2. The Hall–Kier alpha value is -3.78. The molecule has 0 saturated heterocycles. The zero-order chi connectivity index (χ0) is 25.8. The highest BCUT2D eigenvalue weighted by Gasteiger charge is 2.35. The van der Waals surface area contributed by atoms with Crippen LogP contribution in [0.2, 0.25) is 0 Å². The normalized spacial score (nSPS) is 12.0. The van der Waals surface area contributed by atoms with Crippen molar-refractivity contribution >= 4 is 43.8 Å². The summed E-state index contributed by atoms with van der Waals surface area (Å²) >= 11 is 1.11. The van der Waals surface area contributed by atoms with E-state index in [1.165, 1.54) is 19.2 Å². The van der Waals surface area contributed by atoms with Crippen LogP contribution in [0.15, 0.2) is 42.5 Å². The lowest BCUT2D eigenvalue weighted by Crippen LogP contribution is -2.47. The van der Waals surface area contributed by atoms with Crippen LogP contribution in [0, 0.1) is 10.1 Å². The Labute approximate surface area is 205 Å². The van der Waals surface area contributed by atoms with Gasteiger partial charge in [-0.15, -0.1) is 10.2 Å². The van der Waals surface area contributed by atoms with E-state index in [9.17, 15) is 23.3 Å². The Balaban J connectivity index is 1.93. The van der Waals surface area contributed by atoms with Crippen LogP contribution in [-0.4, -0.2) is 56.0 Å². The van der Waals surface area contributed by atoms with Crippen molar-refractivity contribution in [3.63, 3.8) is 0 Å². The number of nitrogens with one attached hydrogen (secondary N) is 1. The number of nitro benzene ring substituents is 1. The Morgan fingerprint density at radius 2 is 1.86 bits per heavy atom. The molecule has 1 atom stereocenters. The Bertz CT molecular complexity index is 1330. The molecule has 1 N–H and O–H groups in total. The van der Waals surface area contributed by atoms with E-state index in [-0.39, 0.29) is 28.7 Å². The molecule has 1 amide bonds. The smallest absolute Gasteiger partial charge is 0.271 e. The van der Waals surface area contributed by atoms with Gasteiger partial charge in [0.1, 0.15) is 28.2 Å². The number of nitro groups is 1. The van der Waals surface area contributed by atoms with Crippen molar-refractivity contribution in [1.82, 2.24) is 10.2 Å². The van der Waals surface area contributed by atoms with Gasteiger partial charge in [-0.25, -0.2) is 8.42 Å². The van der Waals surface area contributed by atoms with Gasteiger partial charge < -0.3 is 9.47 Å². The molecule has 35 heavy (non-hydrogen) atoms. The topological polar surface area (TPSA) is 154 Å². The van der Waals surface area contributed by atoms with Crippen molar-refractivity contribution in [3.8, 4) is 22.1 Å². The number of benzene rings is 2. The Morgan fingerprint density at radius 3 is 2.40 bits per heavy atom. The number of anilines is 2. The fourth-order valence-electron chi connectivity index (χ4n) is 3.31. The molecule has 3 rings (SSSR count). The standard InChI is InChI=1S/C21H23N5O7S2/c1-5-16(25(35(4,30)31)17-12-14(26(28)29)8-11-18(17)33-3)19(27)22-21-24-23-20(34-21)13-6-9-15(32-2)10-7-13/h6-12,16H,5H2,1-4H3,(H,22,24,27)/t16-/m0/s1. The van der Waals surface area contributed by atoms with Crippen LogP contribution in [0.1, 0.15) is 13.3 Å². The maximum absolute atomic E-state index is 13.2. The van der Waals surface area contributed by atoms with Crippen LogP contribution in [0.5, 0.6) is 11.5 Å². The third-order valence-electron chi connectivity index (χ3n) is 4.93. The molecular weight excluding hydrogens is 498 g/mol. The van der Waals surface area contributed by atoms with Gasteiger partial charge in [-0.3, -0.25) is 24.5 Å². The number of ether oxygens (including phenoxy) is 2. The van der Waals surface area contributed by atoms with Crippen LogP contribution < -0.4 is 19.1 Å². The highest BCUT2D eigenvalue weighted by molar-refractivity contribution is 7.92. The van der Waals surface area contributed by atoms with Crippen molar-refractivity contribution in [2.24, 2.45) is 0 Å². The number of aromatic nitrogens is 2. The molecule has 1 heterocycles. The van der Waals surface area contributed by atoms with Gasteiger partial charge in [-0.2, -0.15) is 0 Å². The molecule has 1 aromatic heterocycles. The third kappa shape index (κ3) is 5.84. The number of methoxy groups -OCH3 is 2. The van der Waals surface area contributed by atoms with Crippen LogP contribution >= 0.6 is 11.3 Å². The number of amides is 1. The molecule has 186 valence electrons. The van der Waals surface area contributed by atoms with Crippen molar-refractivity contribution in [2.75, 3.05) is 30.1 Å². The Kier molecular flexibility index (Phi) is 7.86. The molecule has 0 bridgehead atoms. The molecular formula is C21H23N5O7S2. The lowest BCUT2D eigenvalue weighted by atomic mass is 10.1. The number of hydrogen-bond acceptors (Lipinski definition) is 10. The second-order valence-electron chi connectivity index (χ2n) is 7.23. The molecule has 2 aromatic carbocycles. The largest absolute Gasteiger partial charge is 0.497 e. The predicted octanol–water partition coefficient (Wildman–Crippen LogP) is 3.31. The number of carbonyl (C=O) groups is 1. The summed E-state index contributed by atoms with van der Waals surface area (Å²) in [6.07, 6.45) is 0.975. The summed E-state index contributed by atoms with van der Waals surface area (Å²) in [6, 6.07) is 9.39. The second kappa shape index (κ2) is 10.7. The molecule has 0 aliphatic rings. The molecule has 0 aliphatic carbocycles. The fourth-order valence-corrected chi connectivity index (χ4v) is 5.27. The average molecular weight is 522 g/mol. The summed E-state index contributed by atoms with van der Waals surface area (Å²) in [5.41, 5.74) is 0.287. The van der Waals surface area contributed by atoms with Crippen LogP contribution in [0.4, 0.5) is 16.5 Å². The highest BCUT2D eigenvalue weighted by Crippen LogP contribution is 2.36. The summed E-state index contributed by atoms with van der Waals surface area (Å²) < 4.78 is 36.7. The summed E-state index contributed by atoms with van der Waals surface area (Å²) in [5, 5.41) is 22.7. The first-order chi connectivity index (χ1) is 16.6. The quantitative estimate of drug-likeness (QED) is 0.312. The molecule has 0 spiro atoms. The van der Waals surface area contributed by atoms with E-state index < -0.39 is 26.9 Å². The summed E-state index contributed by atoms with van der Waals surface area (Å²) in [6.45, 7) is 1.62. The first-order valence-electron chi connectivity index (χ1n) is 10.2. The van der Waals surface area contributed by atoms with E-state index in [1.807, 2.05) is 0 Å². The number of hydrogen-bond donors (Lipinski definition) is 1. The zero-order valence-corrected chi connectivity index (χ0v) is 20.9. The Morgan fingerprint density at radius 1 is 1.17 bits per heavy atom. The summed E-state index contributed by atoms with van der Waals surface area (Å²) in [4.78, 5) is 23.8. The SMILES string of the molecule is CC[C@@H](C(=O)Nc1nnc(-c2ccc(OC)cc2)s1)N(c1cc([N+](=O)[O-])ccc1OC)S(C)(=O)=O. The number of sulfonamides is 1. The van der Waals surface area contributed by atoms with E-state index in [2.05, 4.69) is 15.5 Å². The molecule has 0 fully saturated rings. The minimum atomic E-state index is -4.06. The van der Waals surface area contributed by atoms with Gasteiger partial charge in [-0.05, 0) is 36.8 Å². The third-order valence-corrected chi connectivity index (χ3v) is 6.99. The van der Waals surface area contributed by atoms with Gasteiger partial charge in [0.05, 0.1) is 25.4 Å². The number of rotatable bonds is 10. The first kappa shape index (κ1) is 25.8. The van der Waals surface area contributed by atoms with E-state index in [4.69, 9.17) is 9.47 Å². The van der Waals surface area contributed by atoms with Crippen LogP contribution in [-0.2, 0) is 14.8 Å². The summed E-state index contributed by atoms with van der Waals surface area (Å²) in [5.74, 6) is 0.0592. The van der Waals surface area contributed by atoms with E-state index in [0.29, 0.717) is 10.8 Å². The van der Waals surface area contributed by atoms with Gasteiger partial charge in [0.25, 0.3) is 5.69 Å². The zero-order valence-electron chi connectivity index (χ0n) is 19.3. The van der Waals surface area contributed by atoms with Crippen LogP contribution in [0.25, 0.3) is 10.6 Å². The maximum Gasteiger partial charge on any atom is 0.271 e. The van der Waals surface area contributed by atoms with Crippen molar-refractivity contribution < 1.29 is 27.6 Å². The van der Waals surface area contributed by atoms with Gasteiger partial charge in [0, 0.05) is 17.7 Å². The van der Waals surface area contributed by atoms with Crippen LogP contribution in [0.3, 0.4) is 0 Å². The summed E-state index contributed by atoms with van der Waals surface area (Å²) in [7, 11) is -1.20. The molecule has 3 aromatic rings. The lowest BCUT2D eigenvalue weighted by molar-refractivity contribution is -0.384. The van der Waals surface area contributed by atoms with E-state index in [1.54, 1.807) is 38.3 Å². The molecule has 0 saturated carbocycles. The predicted molar refractivity (Wildman–Crippen MR) is 132 cm³/mol. The molecule has 12 nitrogen and oxygen atoms in total. The van der Waals surface area contributed by atoms with E-state index in [0.717, 1.165) is 33.5 Å². The monoisotopic (exact) mass is 521 g/mol. The van der Waals surface area contributed by atoms with Gasteiger partial charge in [0.2, 0.25) is 21.1 Å². The fraction of sp³-hybridized carbons (Fsp3) is 0.286. The molecule has 0 radical (unpaired) electrons. The minimum absolute atomic E-state index is 0.0602. The van der Waals surface area contributed by atoms with E-state index >= 15 is 0 Å². The minimum Gasteiger partial charge on any atom is -0.497 e. The van der Waals surface area contributed by atoms with Crippen molar-refractivity contribution in [2.45, 2.75) is 19.4 Å². The van der Waals surface area contributed by atoms with Gasteiger partial charge in [0.15, 0.2) is 0 Å². The van der Waals surface area contributed by atoms with Gasteiger partial charge >= 0.3 is 0 Å². The number of carbonyl (C=O) groups excluding carboxylic acids is 1. The highest BCUT2D eigenvalue weighted by atomic mass is 32.2.